The van der Waals surface area contributed by atoms with Crippen LogP contribution < -0.4 is 15.9 Å². The highest BCUT2D eigenvalue weighted by atomic mass is 32.1. The van der Waals surface area contributed by atoms with Gasteiger partial charge in [0.15, 0.2) is 17.9 Å². The smallest absolute Gasteiger partial charge is 0.284 e. The van der Waals surface area contributed by atoms with Crippen LogP contribution >= 0.6 is 11.3 Å². The van der Waals surface area contributed by atoms with Crippen molar-refractivity contribution in [2.75, 3.05) is 31.0 Å². The molecule has 1 aliphatic carbocycles. The molecule has 2 aliphatic heterocycles. The molecule has 0 spiro atoms. The van der Waals surface area contributed by atoms with E-state index >= 15 is 0 Å². The van der Waals surface area contributed by atoms with Gasteiger partial charge in [-0.2, -0.15) is 5.10 Å². The van der Waals surface area contributed by atoms with Gasteiger partial charge in [0.2, 0.25) is 0 Å². The van der Waals surface area contributed by atoms with Gasteiger partial charge in [-0.15, -0.1) is 11.3 Å². The van der Waals surface area contributed by atoms with Crippen molar-refractivity contribution >= 4 is 40.9 Å². The van der Waals surface area contributed by atoms with E-state index in [1.807, 2.05) is 22.8 Å². The average molecular weight is 585 g/mol. The van der Waals surface area contributed by atoms with Crippen LogP contribution in [0.1, 0.15) is 54.6 Å². The van der Waals surface area contributed by atoms with E-state index in [0.29, 0.717) is 29.2 Å². The number of rotatable bonds is 5. The Hall–Kier alpha value is -4.13. The molecule has 12 heteroatoms. The van der Waals surface area contributed by atoms with Gasteiger partial charge in [-0.05, 0) is 61.6 Å². The zero-order valence-electron chi connectivity index (χ0n) is 23.9. The number of fused-ring (bicyclic) bond motifs is 4. The molecule has 0 fully saturated rings. The minimum Gasteiger partial charge on any atom is -0.334 e. The number of nitrogens with zero attached hydrogens (tertiary/aromatic N) is 7. The fourth-order valence-corrected chi connectivity index (χ4v) is 7.65. The fourth-order valence-electron chi connectivity index (χ4n) is 6.32. The SMILES string of the molecule is CN1CCn2nc(Nc3cc(-c4ccnc(N5C(=O)c6sc7c(c6CN5C)CCCC7)c4C=O)cn(C)c3=O)cc2C1. The molecule has 0 unspecified atom stereocenters. The van der Waals surface area contributed by atoms with Gasteiger partial charge in [-0.3, -0.25) is 24.0 Å². The first-order valence-electron chi connectivity index (χ1n) is 14.2. The van der Waals surface area contributed by atoms with Crippen molar-refractivity contribution in [2.45, 2.75) is 45.3 Å². The van der Waals surface area contributed by atoms with E-state index in [2.05, 4.69) is 27.3 Å². The minimum absolute atomic E-state index is 0.164. The van der Waals surface area contributed by atoms with Gasteiger partial charge in [-0.1, -0.05) is 0 Å². The lowest BCUT2D eigenvalue weighted by atomic mass is 9.94. The third-order valence-corrected chi connectivity index (χ3v) is 9.75. The molecule has 0 radical (unpaired) electrons. The number of anilines is 3. The summed E-state index contributed by atoms with van der Waals surface area (Å²) in [5.74, 6) is 0.708. The monoisotopic (exact) mass is 584 g/mol. The van der Waals surface area contributed by atoms with E-state index in [0.717, 1.165) is 67.7 Å². The Kier molecular flexibility index (Phi) is 6.56. The highest BCUT2D eigenvalue weighted by molar-refractivity contribution is 7.14. The molecule has 11 nitrogen and oxygen atoms in total. The third-order valence-electron chi connectivity index (χ3n) is 8.43. The van der Waals surface area contributed by atoms with Gasteiger partial charge in [-0.25, -0.2) is 15.0 Å². The number of aromatic nitrogens is 4. The zero-order chi connectivity index (χ0) is 29.1. The number of aryl methyl sites for hydroxylation is 2. The minimum atomic E-state index is -0.219. The van der Waals surface area contributed by atoms with Crippen molar-refractivity contribution in [3.8, 4) is 11.1 Å². The zero-order valence-corrected chi connectivity index (χ0v) is 24.7. The molecule has 6 heterocycles. The normalized spacial score (nSPS) is 17.1. The first-order chi connectivity index (χ1) is 20.3. The summed E-state index contributed by atoms with van der Waals surface area (Å²) >= 11 is 1.59. The van der Waals surface area contributed by atoms with Crippen LogP contribution in [0.15, 0.2) is 35.4 Å². The van der Waals surface area contributed by atoms with E-state index in [-0.39, 0.29) is 22.8 Å². The van der Waals surface area contributed by atoms with Crippen LogP contribution in [0.4, 0.5) is 17.3 Å². The second-order valence-electron chi connectivity index (χ2n) is 11.3. The number of carbonyl (C=O) groups excluding carboxylic acids is 2. The molecule has 1 amide bonds. The Labute approximate surface area is 247 Å². The summed E-state index contributed by atoms with van der Waals surface area (Å²) in [6.07, 6.45) is 8.36. The maximum Gasteiger partial charge on any atom is 0.284 e. The van der Waals surface area contributed by atoms with Crippen molar-refractivity contribution < 1.29 is 9.59 Å². The summed E-state index contributed by atoms with van der Waals surface area (Å²) < 4.78 is 3.44. The van der Waals surface area contributed by atoms with Crippen LogP contribution in [-0.2, 0) is 39.5 Å². The lowest BCUT2D eigenvalue weighted by Crippen LogP contribution is -2.48. The molecule has 0 aromatic carbocycles. The highest BCUT2D eigenvalue weighted by Gasteiger charge is 2.37. The van der Waals surface area contributed by atoms with Crippen LogP contribution in [0.25, 0.3) is 11.1 Å². The molecular weight excluding hydrogens is 552 g/mol. The molecule has 4 aromatic rings. The summed E-state index contributed by atoms with van der Waals surface area (Å²) in [7, 11) is 5.60. The third kappa shape index (κ3) is 4.37. The number of aldehydes is 1. The van der Waals surface area contributed by atoms with E-state index < -0.39 is 0 Å². The van der Waals surface area contributed by atoms with Gasteiger partial charge in [0.1, 0.15) is 5.69 Å². The summed E-state index contributed by atoms with van der Waals surface area (Å²) in [4.78, 5) is 48.5. The fraction of sp³-hybridized carbons (Fsp3) is 0.367. The number of nitrogens with one attached hydrogen (secondary N) is 1. The first-order valence-corrected chi connectivity index (χ1v) is 15.0. The Morgan fingerprint density at radius 3 is 2.69 bits per heavy atom. The molecule has 7 rings (SSSR count). The van der Waals surface area contributed by atoms with Gasteiger partial charge in [0.05, 0.1) is 22.7 Å². The highest BCUT2D eigenvalue weighted by Crippen LogP contribution is 2.40. The van der Waals surface area contributed by atoms with Gasteiger partial charge < -0.3 is 9.88 Å². The predicted octanol–water partition coefficient (Wildman–Crippen LogP) is 3.59. The van der Waals surface area contributed by atoms with Crippen molar-refractivity contribution in [2.24, 2.45) is 7.05 Å². The molecular formula is C30H32N8O3S. The van der Waals surface area contributed by atoms with Crippen LogP contribution in [0.3, 0.4) is 0 Å². The molecule has 1 N–H and O–H groups in total. The lowest BCUT2D eigenvalue weighted by Gasteiger charge is -2.36. The van der Waals surface area contributed by atoms with Crippen LogP contribution in [-0.4, -0.2) is 62.1 Å². The van der Waals surface area contributed by atoms with Gasteiger partial charge in [0, 0.05) is 62.6 Å². The van der Waals surface area contributed by atoms with Crippen LogP contribution in [0.2, 0.25) is 0 Å². The van der Waals surface area contributed by atoms with Crippen molar-refractivity contribution in [3.05, 3.63) is 73.1 Å². The number of hydrogen-bond donors (Lipinski definition) is 1. The molecule has 42 heavy (non-hydrogen) atoms. The molecule has 216 valence electrons. The molecule has 4 aromatic heterocycles. The summed E-state index contributed by atoms with van der Waals surface area (Å²) in [5.41, 5.74) is 5.15. The van der Waals surface area contributed by atoms with Crippen LogP contribution in [0, 0.1) is 0 Å². The van der Waals surface area contributed by atoms with E-state index in [9.17, 15) is 14.4 Å². The van der Waals surface area contributed by atoms with Crippen molar-refractivity contribution in [1.29, 1.82) is 0 Å². The summed E-state index contributed by atoms with van der Waals surface area (Å²) in [6, 6.07) is 5.43. The van der Waals surface area contributed by atoms with Gasteiger partial charge in [0.25, 0.3) is 11.5 Å². The van der Waals surface area contributed by atoms with Gasteiger partial charge >= 0.3 is 0 Å². The first kappa shape index (κ1) is 26.7. The van der Waals surface area contributed by atoms with E-state index in [1.54, 1.807) is 42.9 Å². The number of hydrazine groups is 1. The largest absolute Gasteiger partial charge is 0.334 e. The standard InChI is InChI=1S/C30H32N8O3S/c1-34-10-11-37-19(15-34)13-26(33-37)32-24-12-18(14-35(2)29(24)40)20-8-9-31-28(23(20)17-39)38-30(41)27-22(16-36(38)3)21-6-4-5-7-25(21)42-27/h8-9,12-14,17H,4-7,10-11,15-16H2,1-3H3,(H,32,33). The molecule has 0 atom stereocenters. The topological polar surface area (TPSA) is 109 Å². The summed E-state index contributed by atoms with van der Waals surface area (Å²) in [6.45, 7) is 3.06. The quantitative estimate of drug-likeness (QED) is 0.355. The Morgan fingerprint density at radius 1 is 1.02 bits per heavy atom. The predicted molar refractivity (Wildman–Crippen MR) is 161 cm³/mol. The summed E-state index contributed by atoms with van der Waals surface area (Å²) in [5, 5.41) is 11.2. The van der Waals surface area contributed by atoms with Crippen molar-refractivity contribution in [1.82, 2.24) is 29.2 Å². The Bertz CT molecular complexity index is 1800. The van der Waals surface area contributed by atoms with Crippen LogP contribution in [0.5, 0.6) is 0 Å². The maximum absolute atomic E-state index is 13.9. The second kappa shape index (κ2) is 10.3. The molecule has 0 saturated carbocycles. The number of pyridine rings is 2. The lowest BCUT2D eigenvalue weighted by molar-refractivity contribution is 0.0889. The number of likely N-dealkylation sites (N-methyl/N-ethyl adjacent to an activating group) is 1. The molecule has 0 saturated heterocycles. The maximum atomic E-state index is 13.9. The Morgan fingerprint density at radius 2 is 1.86 bits per heavy atom. The number of carbonyl (C=O) groups is 2. The van der Waals surface area contributed by atoms with E-state index in [1.165, 1.54) is 20.0 Å². The second-order valence-corrected chi connectivity index (χ2v) is 12.4. The van der Waals surface area contributed by atoms with E-state index in [4.69, 9.17) is 0 Å². The number of amides is 1. The number of thiophene rings is 1. The number of hydrogen-bond acceptors (Lipinski definition) is 9. The molecule has 0 bridgehead atoms. The molecule has 3 aliphatic rings. The Balaban J connectivity index is 1.26. The average Bonchev–Trinajstić information content (AvgIpc) is 3.55. The van der Waals surface area contributed by atoms with Crippen molar-refractivity contribution in [3.63, 3.8) is 0 Å².